The van der Waals surface area contributed by atoms with Gasteiger partial charge in [0.2, 0.25) is 0 Å². The Kier molecular flexibility index (Phi) is 3.62. The first-order valence-corrected chi connectivity index (χ1v) is 6.35. The highest BCUT2D eigenvalue weighted by Crippen LogP contribution is 2.32. The van der Waals surface area contributed by atoms with E-state index in [1.807, 2.05) is 36.7 Å². The molecule has 4 heteroatoms. The lowest BCUT2D eigenvalue weighted by Crippen LogP contribution is -2.07. The third-order valence-electron chi connectivity index (χ3n) is 3.56. The zero-order valence-electron chi connectivity index (χ0n) is 12.1. The summed E-state index contributed by atoms with van der Waals surface area (Å²) in [6.45, 7) is 7.80. The van der Waals surface area contributed by atoms with Crippen LogP contribution in [0.4, 0.5) is 0 Å². The Morgan fingerprint density at radius 3 is 2.42 bits per heavy atom. The predicted octanol–water partition coefficient (Wildman–Crippen LogP) is 2.86. The van der Waals surface area contributed by atoms with Crippen molar-refractivity contribution in [1.29, 1.82) is 0 Å². The van der Waals surface area contributed by atoms with Crippen LogP contribution in [0.1, 0.15) is 35.5 Å². The van der Waals surface area contributed by atoms with Crippen LogP contribution in [0.3, 0.4) is 0 Å². The molecule has 1 atom stereocenters. The van der Waals surface area contributed by atoms with Gasteiger partial charge in [0.1, 0.15) is 5.75 Å². The molecule has 19 heavy (non-hydrogen) atoms. The van der Waals surface area contributed by atoms with Gasteiger partial charge in [-0.05, 0) is 45.4 Å². The normalized spacial score (nSPS) is 12.5. The van der Waals surface area contributed by atoms with E-state index in [1.54, 1.807) is 14.0 Å². The number of rotatable bonds is 3. The molecule has 0 radical (unpaired) electrons. The van der Waals surface area contributed by atoms with Gasteiger partial charge in [0, 0.05) is 11.3 Å². The van der Waals surface area contributed by atoms with Crippen LogP contribution in [0.15, 0.2) is 18.2 Å². The van der Waals surface area contributed by atoms with Crippen LogP contribution in [-0.4, -0.2) is 22.0 Å². The highest BCUT2D eigenvalue weighted by Gasteiger charge is 2.18. The number of aryl methyl sites for hydroxylation is 1. The van der Waals surface area contributed by atoms with Crippen molar-refractivity contribution < 1.29 is 9.84 Å². The summed E-state index contributed by atoms with van der Waals surface area (Å²) in [4.78, 5) is 0. The van der Waals surface area contributed by atoms with Gasteiger partial charge in [-0.1, -0.05) is 6.07 Å². The summed E-state index contributed by atoms with van der Waals surface area (Å²) in [6, 6.07) is 5.71. The second-order valence-electron chi connectivity index (χ2n) is 4.78. The summed E-state index contributed by atoms with van der Waals surface area (Å²) in [5.41, 5.74) is 4.86. The zero-order chi connectivity index (χ0) is 14.2. The molecule has 0 amide bonds. The molecule has 2 rings (SSSR count). The molecule has 0 aliphatic rings. The van der Waals surface area contributed by atoms with Gasteiger partial charge in [-0.25, -0.2) is 4.68 Å². The molecular formula is C15H20N2O2. The van der Waals surface area contributed by atoms with Crippen LogP contribution in [0.2, 0.25) is 0 Å². The third kappa shape index (κ3) is 2.24. The fourth-order valence-corrected chi connectivity index (χ4v) is 2.27. The molecule has 2 aromatic rings. The molecule has 1 aromatic carbocycles. The Labute approximate surface area is 113 Å². The van der Waals surface area contributed by atoms with E-state index in [0.29, 0.717) is 5.75 Å². The van der Waals surface area contributed by atoms with E-state index in [2.05, 4.69) is 12.0 Å². The standard InChI is InChI=1S/C15H20N2O2/c1-9-10(2)16-17(11(9)3)13-7-6-8-14(19-5)15(13)12(4)18/h6-8,12,18H,1-5H3/t12-/m1/s1. The Balaban J connectivity index is 2.71. The van der Waals surface area contributed by atoms with E-state index in [0.717, 1.165) is 22.6 Å². The van der Waals surface area contributed by atoms with E-state index in [-0.39, 0.29) is 0 Å². The Hall–Kier alpha value is -1.81. The summed E-state index contributed by atoms with van der Waals surface area (Å²) < 4.78 is 7.21. The number of hydrogen-bond donors (Lipinski definition) is 1. The van der Waals surface area contributed by atoms with Crippen LogP contribution in [0.25, 0.3) is 5.69 Å². The molecule has 4 nitrogen and oxygen atoms in total. The van der Waals surface area contributed by atoms with Gasteiger partial charge in [0.05, 0.1) is 24.6 Å². The van der Waals surface area contributed by atoms with Gasteiger partial charge in [-0.3, -0.25) is 0 Å². The highest BCUT2D eigenvalue weighted by atomic mass is 16.5. The fourth-order valence-electron chi connectivity index (χ4n) is 2.27. The maximum atomic E-state index is 10.0. The van der Waals surface area contributed by atoms with Crippen molar-refractivity contribution in [2.75, 3.05) is 7.11 Å². The fraction of sp³-hybridized carbons (Fsp3) is 0.400. The minimum atomic E-state index is -0.615. The highest BCUT2D eigenvalue weighted by molar-refractivity contribution is 5.52. The number of nitrogens with zero attached hydrogens (tertiary/aromatic N) is 2. The molecule has 1 aromatic heterocycles. The minimum absolute atomic E-state index is 0.615. The number of aromatic nitrogens is 2. The first-order valence-electron chi connectivity index (χ1n) is 6.35. The van der Waals surface area contributed by atoms with Crippen molar-refractivity contribution >= 4 is 0 Å². The summed E-state index contributed by atoms with van der Waals surface area (Å²) in [7, 11) is 1.61. The molecule has 0 saturated carbocycles. The second-order valence-corrected chi connectivity index (χ2v) is 4.78. The molecule has 0 fully saturated rings. The van der Waals surface area contributed by atoms with Crippen molar-refractivity contribution in [1.82, 2.24) is 9.78 Å². The minimum Gasteiger partial charge on any atom is -0.496 e. The lowest BCUT2D eigenvalue weighted by Gasteiger charge is -2.17. The van der Waals surface area contributed by atoms with Crippen molar-refractivity contribution in [2.24, 2.45) is 0 Å². The Bertz CT molecular complexity index is 600. The quantitative estimate of drug-likeness (QED) is 0.923. The molecular weight excluding hydrogens is 240 g/mol. The van der Waals surface area contributed by atoms with Gasteiger partial charge >= 0.3 is 0 Å². The van der Waals surface area contributed by atoms with Gasteiger partial charge in [0.25, 0.3) is 0 Å². The lowest BCUT2D eigenvalue weighted by molar-refractivity contribution is 0.194. The first kappa shape index (κ1) is 13.6. The molecule has 0 aliphatic heterocycles. The molecule has 1 N–H and O–H groups in total. The van der Waals surface area contributed by atoms with Crippen LogP contribution in [0, 0.1) is 20.8 Å². The molecule has 0 bridgehead atoms. The molecule has 102 valence electrons. The van der Waals surface area contributed by atoms with E-state index in [1.165, 1.54) is 5.56 Å². The second kappa shape index (κ2) is 5.05. The molecule has 0 saturated heterocycles. The van der Waals surface area contributed by atoms with Gasteiger partial charge in [0.15, 0.2) is 0 Å². The zero-order valence-corrected chi connectivity index (χ0v) is 12.1. The number of benzene rings is 1. The number of methoxy groups -OCH3 is 1. The van der Waals surface area contributed by atoms with Crippen LogP contribution in [0.5, 0.6) is 5.75 Å². The molecule has 0 unspecified atom stereocenters. The molecule has 1 heterocycles. The summed E-state index contributed by atoms with van der Waals surface area (Å²) >= 11 is 0. The summed E-state index contributed by atoms with van der Waals surface area (Å²) in [5, 5.41) is 14.6. The van der Waals surface area contributed by atoms with Crippen LogP contribution >= 0.6 is 0 Å². The van der Waals surface area contributed by atoms with Crippen LogP contribution in [-0.2, 0) is 0 Å². The lowest BCUT2D eigenvalue weighted by atomic mass is 10.1. The van der Waals surface area contributed by atoms with E-state index in [9.17, 15) is 5.11 Å². The average Bonchev–Trinajstić information content (AvgIpc) is 2.65. The van der Waals surface area contributed by atoms with Crippen molar-refractivity contribution in [3.8, 4) is 11.4 Å². The molecule has 0 spiro atoms. The van der Waals surface area contributed by atoms with Gasteiger partial charge < -0.3 is 9.84 Å². The number of aliphatic hydroxyl groups is 1. The summed E-state index contributed by atoms with van der Waals surface area (Å²) in [6.07, 6.45) is -0.615. The molecule has 0 aliphatic carbocycles. The van der Waals surface area contributed by atoms with Crippen molar-refractivity contribution in [3.05, 3.63) is 40.7 Å². The number of hydrogen-bond acceptors (Lipinski definition) is 3. The van der Waals surface area contributed by atoms with Crippen molar-refractivity contribution in [2.45, 2.75) is 33.8 Å². The SMILES string of the molecule is COc1cccc(-n2nc(C)c(C)c2C)c1[C@@H](C)O. The summed E-state index contributed by atoms with van der Waals surface area (Å²) in [5.74, 6) is 0.678. The number of aliphatic hydroxyl groups excluding tert-OH is 1. The van der Waals surface area contributed by atoms with Crippen molar-refractivity contribution in [3.63, 3.8) is 0 Å². The average molecular weight is 260 g/mol. The largest absolute Gasteiger partial charge is 0.496 e. The smallest absolute Gasteiger partial charge is 0.126 e. The van der Waals surface area contributed by atoms with Gasteiger partial charge in [-0.15, -0.1) is 0 Å². The Morgan fingerprint density at radius 2 is 1.95 bits per heavy atom. The van der Waals surface area contributed by atoms with Crippen LogP contribution < -0.4 is 4.74 Å². The maximum Gasteiger partial charge on any atom is 0.126 e. The predicted molar refractivity (Wildman–Crippen MR) is 75.0 cm³/mol. The third-order valence-corrected chi connectivity index (χ3v) is 3.56. The maximum absolute atomic E-state index is 10.0. The number of ether oxygens (including phenoxy) is 1. The Morgan fingerprint density at radius 1 is 1.26 bits per heavy atom. The van der Waals surface area contributed by atoms with E-state index in [4.69, 9.17) is 4.74 Å². The first-order chi connectivity index (χ1) is 8.97. The van der Waals surface area contributed by atoms with E-state index >= 15 is 0 Å². The topological polar surface area (TPSA) is 47.3 Å². The van der Waals surface area contributed by atoms with E-state index < -0.39 is 6.10 Å². The monoisotopic (exact) mass is 260 g/mol. The van der Waals surface area contributed by atoms with Gasteiger partial charge in [-0.2, -0.15) is 5.10 Å².